The van der Waals surface area contributed by atoms with Crippen molar-refractivity contribution >= 4 is 62.7 Å². The van der Waals surface area contributed by atoms with E-state index < -0.39 is 47.9 Å². The summed E-state index contributed by atoms with van der Waals surface area (Å²) in [6, 6.07) is 3.27. The Balaban J connectivity index is 1.22. The first-order valence-corrected chi connectivity index (χ1v) is 18.2. The molecule has 4 atom stereocenters. The summed E-state index contributed by atoms with van der Waals surface area (Å²) in [5, 5.41) is 27.7. The van der Waals surface area contributed by atoms with Crippen molar-refractivity contribution in [3.05, 3.63) is 58.5 Å². The number of hydrogen-bond donors (Lipinski definition) is 5. The summed E-state index contributed by atoms with van der Waals surface area (Å²) in [5.74, 6) is -3.19. The lowest BCUT2D eigenvalue weighted by atomic mass is 10.1. The number of aryl methyl sites for hydroxylation is 2. The smallest absolute Gasteiger partial charge is 0.326 e. The van der Waals surface area contributed by atoms with Gasteiger partial charge in [-0.3, -0.25) is 24.0 Å². The van der Waals surface area contributed by atoms with Crippen molar-refractivity contribution in [2.24, 2.45) is 0 Å². The molecule has 16 nitrogen and oxygen atoms in total. The zero-order valence-corrected chi connectivity index (χ0v) is 29.7. The first-order chi connectivity index (χ1) is 25.0. The largest absolute Gasteiger partial charge is 0.480 e. The number of carbonyl (C=O) groups excluding carboxylic acids is 5. The van der Waals surface area contributed by atoms with Gasteiger partial charge in [-0.25, -0.2) is 14.3 Å². The van der Waals surface area contributed by atoms with Gasteiger partial charge < -0.3 is 31.3 Å². The molecular weight excluding hydrogens is 691 g/mol. The third-order valence-electron chi connectivity index (χ3n) is 9.69. The fourth-order valence-electron chi connectivity index (χ4n) is 6.93. The Morgan fingerprint density at radius 1 is 1.08 bits per heavy atom. The minimum atomic E-state index is -1.38. The van der Waals surface area contributed by atoms with E-state index >= 15 is 0 Å². The van der Waals surface area contributed by atoms with E-state index in [1.165, 1.54) is 22.6 Å². The second kappa shape index (κ2) is 15.8. The Morgan fingerprint density at radius 3 is 2.69 bits per heavy atom. The van der Waals surface area contributed by atoms with Crippen molar-refractivity contribution in [3.63, 3.8) is 0 Å². The van der Waals surface area contributed by atoms with Gasteiger partial charge in [-0.05, 0) is 64.0 Å². The Kier molecular flexibility index (Phi) is 11.1. The van der Waals surface area contributed by atoms with Crippen LogP contribution in [0.15, 0.2) is 36.0 Å². The molecular formula is C35H41N9O7S. The molecule has 1 aromatic carbocycles. The van der Waals surface area contributed by atoms with Crippen LogP contribution in [0.2, 0.25) is 0 Å². The second-order valence-corrected chi connectivity index (χ2v) is 14.1. The van der Waals surface area contributed by atoms with Crippen LogP contribution in [0.4, 0.5) is 0 Å². The van der Waals surface area contributed by atoms with E-state index in [0.29, 0.717) is 37.1 Å². The van der Waals surface area contributed by atoms with Crippen LogP contribution in [0.25, 0.3) is 15.9 Å². The summed E-state index contributed by atoms with van der Waals surface area (Å²) in [6.45, 7) is 3.99. The maximum Gasteiger partial charge on any atom is 0.326 e. The highest BCUT2D eigenvalue weighted by atomic mass is 32.1. The molecule has 0 unspecified atom stereocenters. The Morgan fingerprint density at radius 2 is 1.88 bits per heavy atom. The summed E-state index contributed by atoms with van der Waals surface area (Å²) >= 11 is 1.41. The summed E-state index contributed by atoms with van der Waals surface area (Å²) in [4.78, 5) is 89.5. The molecule has 52 heavy (non-hydrogen) atoms. The Hall–Kier alpha value is -5.45. The normalized spacial score (nSPS) is 21.9. The highest BCUT2D eigenvalue weighted by Gasteiger charge is 2.43. The third-order valence-corrected chi connectivity index (χ3v) is 10.7. The molecule has 5 N–H and O–H groups in total. The first-order valence-electron chi connectivity index (χ1n) is 17.3. The molecule has 6 rings (SSSR count). The van der Waals surface area contributed by atoms with Crippen LogP contribution in [0.5, 0.6) is 0 Å². The maximum absolute atomic E-state index is 14.4. The number of benzene rings is 1. The molecule has 2 aliphatic heterocycles. The van der Waals surface area contributed by atoms with Crippen molar-refractivity contribution in [3.8, 4) is 0 Å². The lowest BCUT2D eigenvalue weighted by molar-refractivity contribution is -0.144. The number of fused-ring (bicyclic) bond motifs is 3. The van der Waals surface area contributed by atoms with E-state index in [-0.39, 0.29) is 50.5 Å². The average molecular weight is 732 g/mol. The number of nitrogens with one attached hydrogen (secondary N) is 4. The minimum Gasteiger partial charge on any atom is -0.480 e. The fraction of sp³-hybridized carbons (Fsp3) is 0.457. The quantitative estimate of drug-likeness (QED) is 0.184. The van der Waals surface area contributed by atoms with Gasteiger partial charge in [0.25, 0.3) is 11.7 Å². The number of aliphatic carboxylic acids is 1. The molecule has 3 aromatic heterocycles. The summed E-state index contributed by atoms with van der Waals surface area (Å²) in [6.07, 6.45) is 2.85. The third kappa shape index (κ3) is 8.03. The van der Waals surface area contributed by atoms with Crippen LogP contribution in [0.1, 0.15) is 72.3 Å². The monoisotopic (exact) mass is 731 g/mol. The average Bonchev–Trinajstić information content (AvgIpc) is 3.87. The van der Waals surface area contributed by atoms with E-state index in [9.17, 15) is 33.9 Å². The molecule has 5 heterocycles. The molecule has 0 radical (unpaired) electrons. The van der Waals surface area contributed by atoms with E-state index in [0.717, 1.165) is 27.0 Å². The molecule has 2 aliphatic rings. The number of carbonyl (C=O) groups is 6. The van der Waals surface area contributed by atoms with Crippen molar-refractivity contribution in [2.45, 2.75) is 89.4 Å². The number of hydrogen-bond acceptors (Lipinski definition) is 10. The van der Waals surface area contributed by atoms with Gasteiger partial charge in [0.15, 0.2) is 0 Å². The van der Waals surface area contributed by atoms with Gasteiger partial charge in [-0.15, -0.1) is 11.3 Å². The first kappa shape index (κ1) is 36.3. The lowest BCUT2D eigenvalue weighted by Crippen LogP contribution is -2.55. The summed E-state index contributed by atoms with van der Waals surface area (Å²) < 4.78 is 2.53. The van der Waals surface area contributed by atoms with Crippen LogP contribution in [-0.2, 0) is 30.4 Å². The van der Waals surface area contributed by atoms with Crippen LogP contribution in [0.3, 0.4) is 0 Å². The molecule has 0 saturated carbocycles. The van der Waals surface area contributed by atoms with Gasteiger partial charge in [-0.2, -0.15) is 10.1 Å². The predicted octanol–water partition coefficient (Wildman–Crippen LogP) is 1.42. The molecule has 0 bridgehead atoms. The topological polar surface area (TPSA) is 217 Å². The number of rotatable bonds is 7. The number of thiophene rings is 1. The summed E-state index contributed by atoms with van der Waals surface area (Å²) in [5.41, 5.74) is 2.82. The highest BCUT2D eigenvalue weighted by Crippen LogP contribution is 2.27. The number of nitrogens with zero attached hydrogens (tertiary/aromatic N) is 5. The standard InChI is InChI=1S/C35H41N9O7S/c1-19-22(20(2)44-35(39-19)37-18-38-44)10-12-30(46)40-21-15-27-32(48)42-26(34(50)51)11-13-29(45)36-14-6-5-8-25(33(49)43(27)16-21)41-31(47)24-17-52-28-9-4-3-7-23(24)28/h3-4,7,9,17-18,21,25-27H,5-6,8,10-16H2,1-2H3,(H,36,45)(H,40,46)(H,41,47)(H,42,48)(H,50,51)/t21-,25+,26+,27+/m1/s1. The molecule has 2 saturated heterocycles. The Labute approximate surface area is 302 Å². The molecule has 274 valence electrons. The van der Waals surface area contributed by atoms with E-state index in [1.807, 2.05) is 38.1 Å². The molecule has 0 spiro atoms. The van der Waals surface area contributed by atoms with Crippen molar-refractivity contribution < 1.29 is 33.9 Å². The second-order valence-electron chi connectivity index (χ2n) is 13.2. The maximum atomic E-state index is 14.4. The van der Waals surface area contributed by atoms with Crippen molar-refractivity contribution in [1.82, 2.24) is 45.7 Å². The molecule has 2 fully saturated rings. The van der Waals surface area contributed by atoms with E-state index in [1.54, 1.807) is 9.90 Å². The number of amides is 5. The van der Waals surface area contributed by atoms with Crippen LogP contribution in [-0.4, -0.2) is 102 Å². The van der Waals surface area contributed by atoms with Crippen molar-refractivity contribution in [1.29, 1.82) is 0 Å². The van der Waals surface area contributed by atoms with Gasteiger partial charge in [0, 0.05) is 58.8 Å². The number of aromatic nitrogens is 4. The number of carboxylic acid groups (broad SMARTS) is 1. The highest BCUT2D eigenvalue weighted by molar-refractivity contribution is 7.17. The van der Waals surface area contributed by atoms with Crippen LogP contribution < -0.4 is 21.3 Å². The van der Waals surface area contributed by atoms with Gasteiger partial charge in [-0.1, -0.05) is 18.2 Å². The van der Waals surface area contributed by atoms with Gasteiger partial charge in [0.2, 0.25) is 23.6 Å². The van der Waals surface area contributed by atoms with Gasteiger partial charge >= 0.3 is 5.97 Å². The van der Waals surface area contributed by atoms with Crippen LogP contribution in [0, 0.1) is 13.8 Å². The molecule has 5 amide bonds. The molecule has 4 aromatic rings. The minimum absolute atomic E-state index is 0.0243. The summed E-state index contributed by atoms with van der Waals surface area (Å²) in [7, 11) is 0. The van der Waals surface area contributed by atoms with E-state index in [2.05, 4.69) is 36.3 Å². The zero-order chi connectivity index (χ0) is 36.9. The number of carboxylic acids is 1. The fourth-order valence-corrected chi connectivity index (χ4v) is 7.87. The van der Waals surface area contributed by atoms with Gasteiger partial charge in [0.05, 0.1) is 5.56 Å². The Bertz CT molecular complexity index is 2030. The van der Waals surface area contributed by atoms with Crippen LogP contribution >= 0.6 is 11.3 Å². The van der Waals surface area contributed by atoms with Crippen molar-refractivity contribution in [2.75, 3.05) is 13.1 Å². The molecule has 0 aliphatic carbocycles. The molecule has 17 heteroatoms. The zero-order valence-electron chi connectivity index (χ0n) is 28.9. The SMILES string of the molecule is Cc1nc2ncnn2c(C)c1CCC(=O)N[C@@H]1C[C@H]2C(=O)N[C@H](C(=O)O)CCC(=O)NCCCC[C@H](NC(=O)c3csc4ccccc34)C(=O)N2C1. The van der Waals surface area contributed by atoms with E-state index in [4.69, 9.17) is 0 Å². The predicted molar refractivity (Wildman–Crippen MR) is 189 cm³/mol. The van der Waals surface area contributed by atoms with Gasteiger partial charge in [0.1, 0.15) is 24.5 Å². The lowest BCUT2D eigenvalue weighted by Gasteiger charge is -2.29.